The predicted molar refractivity (Wildman–Crippen MR) is 105 cm³/mol. The number of aryl methyl sites for hydroxylation is 1. The third-order valence-electron chi connectivity index (χ3n) is 5.50. The molecule has 0 aliphatic carbocycles. The van der Waals surface area contributed by atoms with Crippen LogP contribution in [-0.2, 0) is 9.31 Å². The first kappa shape index (κ1) is 17.3. The molecule has 1 saturated heterocycles. The molecule has 2 aromatic carbocycles. The van der Waals surface area contributed by atoms with Crippen molar-refractivity contribution in [2.75, 3.05) is 6.61 Å². The quantitative estimate of drug-likeness (QED) is 0.774. The summed E-state index contributed by atoms with van der Waals surface area (Å²) in [4.78, 5) is 4.76. The second-order valence-electron chi connectivity index (χ2n) is 8.03. The number of hydrogen-bond acceptors (Lipinski definition) is 4. The van der Waals surface area contributed by atoms with Gasteiger partial charge in [-0.25, -0.2) is 4.99 Å². The summed E-state index contributed by atoms with van der Waals surface area (Å²) in [5.41, 5.74) is 4.39. The maximum Gasteiger partial charge on any atom is 0.494 e. The van der Waals surface area contributed by atoms with Gasteiger partial charge in [-0.1, -0.05) is 30.3 Å². The normalized spacial score (nSPS) is 20.3. The van der Waals surface area contributed by atoms with E-state index in [2.05, 4.69) is 52.8 Å². The van der Waals surface area contributed by atoms with Gasteiger partial charge in [-0.2, -0.15) is 0 Å². The van der Waals surface area contributed by atoms with Gasteiger partial charge in [0.05, 0.1) is 16.9 Å². The van der Waals surface area contributed by atoms with E-state index >= 15 is 0 Å². The lowest BCUT2D eigenvalue weighted by atomic mass is 9.78. The Hall–Kier alpha value is -2.11. The lowest BCUT2D eigenvalue weighted by Crippen LogP contribution is -2.41. The minimum atomic E-state index is -0.345. The van der Waals surface area contributed by atoms with E-state index < -0.39 is 0 Å². The molecule has 0 bridgehead atoms. The van der Waals surface area contributed by atoms with Crippen LogP contribution in [0, 0.1) is 6.92 Å². The summed E-state index contributed by atoms with van der Waals surface area (Å²) in [6.45, 7) is 10.8. The molecule has 0 atom stereocenters. The van der Waals surface area contributed by atoms with E-state index in [1.807, 2.05) is 24.3 Å². The zero-order chi connectivity index (χ0) is 18.5. The van der Waals surface area contributed by atoms with Gasteiger partial charge in [-0.05, 0) is 63.3 Å². The van der Waals surface area contributed by atoms with E-state index in [0.29, 0.717) is 6.61 Å². The molecular formula is C21H24BNO3. The van der Waals surface area contributed by atoms with Crippen molar-refractivity contribution in [3.63, 3.8) is 0 Å². The fraction of sp³-hybridized carbons (Fsp3) is 0.381. The number of ether oxygens (including phenoxy) is 1. The Labute approximate surface area is 155 Å². The van der Waals surface area contributed by atoms with Crippen LogP contribution in [0.15, 0.2) is 47.5 Å². The van der Waals surface area contributed by atoms with Gasteiger partial charge in [-0.3, -0.25) is 0 Å². The molecule has 2 heterocycles. The van der Waals surface area contributed by atoms with Crippen molar-refractivity contribution < 1.29 is 14.0 Å². The highest BCUT2D eigenvalue weighted by Crippen LogP contribution is 2.36. The number of aliphatic imine (C=N–C) groups is 1. The zero-order valence-corrected chi connectivity index (χ0v) is 16.0. The summed E-state index contributed by atoms with van der Waals surface area (Å²) >= 11 is 0. The molecule has 0 unspecified atom stereocenters. The van der Waals surface area contributed by atoms with Crippen LogP contribution in [0.5, 0.6) is 5.75 Å². The molecule has 2 aromatic rings. The van der Waals surface area contributed by atoms with Crippen molar-refractivity contribution in [1.82, 2.24) is 0 Å². The standard InChI is InChI=1S/C21H24BNO3/c1-14-6-11-17-19(12-14)24-13-18(23-17)15-7-9-16(10-8-15)22-25-20(2,3)21(4,5)26-22/h6-12H,13H2,1-5H3. The van der Waals surface area contributed by atoms with Crippen LogP contribution in [0.1, 0.15) is 38.8 Å². The van der Waals surface area contributed by atoms with Gasteiger partial charge in [-0.15, -0.1) is 0 Å². The molecule has 0 spiro atoms. The molecule has 1 fully saturated rings. The van der Waals surface area contributed by atoms with Gasteiger partial charge in [0, 0.05) is 0 Å². The van der Waals surface area contributed by atoms with Crippen LogP contribution in [0.4, 0.5) is 5.69 Å². The summed E-state index contributed by atoms with van der Waals surface area (Å²) < 4.78 is 18.1. The van der Waals surface area contributed by atoms with E-state index in [-0.39, 0.29) is 18.3 Å². The van der Waals surface area contributed by atoms with Crippen LogP contribution in [-0.4, -0.2) is 30.6 Å². The number of rotatable bonds is 2. The molecule has 2 aliphatic rings. The van der Waals surface area contributed by atoms with Crippen molar-refractivity contribution in [3.05, 3.63) is 53.6 Å². The molecule has 5 heteroatoms. The number of nitrogens with zero attached hydrogens (tertiary/aromatic N) is 1. The van der Waals surface area contributed by atoms with E-state index in [1.54, 1.807) is 0 Å². The minimum Gasteiger partial charge on any atom is -0.485 e. The molecular weight excluding hydrogens is 325 g/mol. The van der Waals surface area contributed by atoms with Crippen LogP contribution in [0.2, 0.25) is 0 Å². The summed E-state index contributed by atoms with van der Waals surface area (Å²) in [5.74, 6) is 0.850. The van der Waals surface area contributed by atoms with Gasteiger partial charge in [0.2, 0.25) is 0 Å². The van der Waals surface area contributed by atoms with Gasteiger partial charge < -0.3 is 14.0 Å². The molecule has 2 aliphatic heterocycles. The lowest BCUT2D eigenvalue weighted by Gasteiger charge is -2.32. The number of hydrogen-bond donors (Lipinski definition) is 0. The second-order valence-corrected chi connectivity index (χ2v) is 8.03. The van der Waals surface area contributed by atoms with Crippen LogP contribution in [0.25, 0.3) is 0 Å². The van der Waals surface area contributed by atoms with E-state index in [0.717, 1.165) is 28.2 Å². The van der Waals surface area contributed by atoms with Crippen LogP contribution < -0.4 is 10.2 Å². The van der Waals surface area contributed by atoms with Crippen molar-refractivity contribution in [2.45, 2.75) is 45.8 Å². The summed E-state index contributed by atoms with van der Waals surface area (Å²) in [6, 6.07) is 14.3. The van der Waals surface area contributed by atoms with Crippen molar-refractivity contribution >= 4 is 24.0 Å². The van der Waals surface area contributed by atoms with E-state index in [1.165, 1.54) is 5.56 Å². The maximum absolute atomic E-state index is 6.12. The Kier molecular flexibility index (Phi) is 3.97. The Bertz CT molecular complexity index is 855. The highest BCUT2D eigenvalue weighted by molar-refractivity contribution is 6.62. The Balaban J connectivity index is 1.57. The van der Waals surface area contributed by atoms with Crippen molar-refractivity contribution in [3.8, 4) is 5.75 Å². The fourth-order valence-electron chi connectivity index (χ4n) is 3.11. The lowest BCUT2D eigenvalue weighted by molar-refractivity contribution is 0.00578. The second kappa shape index (κ2) is 5.97. The topological polar surface area (TPSA) is 40.0 Å². The van der Waals surface area contributed by atoms with Crippen LogP contribution >= 0.6 is 0 Å². The molecule has 26 heavy (non-hydrogen) atoms. The van der Waals surface area contributed by atoms with Crippen molar-refractivity contribution in [1.29, 1.82) is 0 Å². The number of fused-ring (bicyclic) bond motifs is 1. The molecule has 0 N–H and O–H groups in total. The Morgan fingerprint density at radius 1 is 0.923 bits per heavy atom. The molecule has 4 nitrogen and oxygen atoms in total. The summed E-state index contributed by atoms with van der Waals surface area (Å²) in [6.07, 6.45) is 0. The van der Waals surface area contributed by atoms with Gasteiger partial charge >= 0.3 is 7.12 Å². The largest absolute Gasteiger partial charge is 0.494 e. The first-order chi connectivity index (χ1) is 12.2. The zero-order valence-electron chi connectivity index (χ0n) is 16.0. The molecule has 0 radical (unpaired) electrons. The highest BCUT2D eigenvalue weighted by Gasteiger charge is 2.51. The molecule has 134 valence electrons. The summed E-state index contributed by atoms with van der Waals surface area (Å²) in [7, 11) is -0.345. The maximum atomic E-state index is 6.12. The SMILES string of the molecule is Cc1ccc2c(c1)OCC(c1ccc(B3OC(C)(C)C(C)(C)O3)cc1)=N2. The average molecular weight is 349 g/mol. The average Bonchev–Trinajstić information content (AvgIpc) is 2.82. The van der Waals surface area contributed by atoms with Gasteiger partial charge in [0.25, 0.3) is 0 Å². The molecule has 0 amide bonds. The predicted octanol–water partition coefficient (Wildman–Crippen LogP) is 3.81. The Morgan fingerprint density at radius 2 is 1.58 bits per heavy atom. The molecule has 0 aromatic heterocycles. The third kappa shape index (κ3) is 2.95. The highest BCUT2D eigenvalue weighted by atomic mass is 16.7. The fourth-order valence-corrected chi connectivity index (χ4v) is 3.11. The minimum absolute atomic E-state index is 0.334. The third-order valence-corrected chi connectivity index (χ3v) is 5.50. The smallest absolute Gasteiger partial charge is 0.485 e. The van der Waals surface area contributed by atoms with E-state index in [9.17, 15) is 0 Å². The summed E-state index contributed by atoms with van der Waals surface area (Å²) in [5, 5.41) is 0. The van der Waals surface area contributed by atoms with Gasteiger partial charge in [0.15, 0.2) is 0 Å². The first-order valence-corrected chi connectivity index (χ1v) is 9.02. The molecule has 4 rings (SSSR count). The van der Waals surface area contributed by atoms with E-state index in [4.69, 9.17) is 19.0 Å². The Morgan fingerprint density at radius 3 is 2.23 bits per heavy atom. The van der Waals surface area contributed by atoms with Gasteiger partial charge in [0.1, 0.15) is 18.0 Å². The first-order valence-electron chi connectivity index (χ1n) is 9.02. The molecule has 0 saturated carbocycles. The monoisotopic (exact) mass is 349 g/mol. The van der Waals surface area contributed by atoms with Crippen molar-refractivity contribution in [2.24, 2.45) is 4.99 Å². The van der Waals surface area contributed by atoms with Crippen LogP contribution in [0.3, 0.4) is 0 Å². The number of benzene rings is 2.